The van der Waals surface area contributed by atoms with Crippen LogP contribution in [0.15, 0.2) is 48.8 Å². The molecule has 188 valence electrons. The number of carbonyl (C=O) groups excluding carboxylic acids is 1. The Kier molecular flexibility index (Phi) is 6.59. The van der Waals surface area contributed by atoms with Crippen LogP contribution in [0.25, 0.3) is 22.2 Å². The maximum Gasteiger partial charge on any atom is 0.253 e. The van der Waals surface area contributed by atoms with Gasteiger partial charge in [-0.25, -0.2) is 15.0 Å². The number of aromatic nitrogens is 4. The van der Waals surface area contributed by atoms with Crippen LogP contribution >= 0.6 is 0 Å². The van der Waals surface area contributed by atoms with Gasteiger partial charge in [-0.1, -0.05) is 12.1 Å². The van der Waals surface area contributed by atoms with E-state index in [1.807, 2.05) is 25.2 Å². The lowest BCUT2D eigenvalue weighted by Crippen LogP contribution is -2.33. The first kappa shape index (κ1) is 24.4. The minimum atomic E-state index is 0.0294. The van der Waals surface area contributed by atoms with Crippen molar-refractivity contribution in [2.45, 2.75) is 25.3 Å². The molecule has 0 aliphatic carbocycles. The summed E-state index contributed by atoms with van der Waals surface area (Å²) in [7, 11) is 5.57. The minimum absolute atomic E-state index is 0.0294. The van der Waals surface area contributed by atoms with Crippen molar-refractivity contribution in [1.29, 1.82) is 5.26 Å². The zero-order valence-corrected chi connectivity index (χ0v) is 21.3. The summed E-state index contributed by atoms with van der Waals surface area (Å²) < 4.78 is 2.12. The molecule has 9 heteroatoms. The molecule has 1 aliphatic heterocycles. The second-order valence-electron chi connectivity index (χ2n) is 9.76. The normalized spacial score (nSPS) is 14.5. The van der Waals surface area contributed by atoms with Gasteiger partial charge in [-0.15, -0.1) is 0 Å². The average molecular weight is 495 g/mol. The van der Waals surface area contributed by atoms with Crippen LogP contribution in [0.2, 0.25) is 0 Å². The number of aryl methyl sites for hydroxylation is 1. The third-order valence-corrected chi connectivity index (χ3v) is 7.24. The van der Waals surface area contributed by atoms with Gasteiger partial charge in [0, 0.05) is 62.3 Å². The average Bonchev–Trinajstić information content (AvgIpc) is 3.23. The van der Waals surface area contributed by atoms with Crippen LogP contribution in [0.1, 0.15) is 46.1 Å². The van der Waals surface area contributed by atoms with Crippen molar-refractivity contribution >= 4 is 22.9 Å². The van der Waals surface area contributed by atoms with Crippen LogP contribution < -0.4 is 5.73 Å². The number of fused-ring (bicyclic) bond motifs is 1. The maximum atomic E-state index is 12.2. The van der Waals surface area contributed by atoms with Crippen molar-refractivity contribution in [3.63, 3.8) is 0 Å². The van der Waals surface area contributed by atoms with Crippen molar-refractivity contribution < 1.29 is 4.79 Å². The molecule has 0 spiro atoms. The van der Waals surface area contributed by atoms with E-state index >= 15 is 0 Å². The number of hydrogen-bond donors (Lipinski definition) is 1. The molecule has 4 heterocycles. The van der Waals surface area contributed by atoms with Crippen molar-refractivity contribution in [2.24, 2.45) is 7.05 Å². The molecular weight excluding hydrogens is 464 g/mol. The number of nitrogens with zero attached hydrogens (tertiary/aromatic N) is 7. The Hall–Kier alpha value is -4.29. The zero-order valence-electron chi connectivity index (χ0n) is 21.3. The maximum absolute atomic E-state index is 12.2. The summed E-state index contributed by atoms with van der Waals surface area (Å²) in [6.07, 6.45) is 5.50. The number of amides is 1. The smallest absolute Gasteiger partial charge is 0.253 e. The summed E-state index contributed by atoms with van der Waals surface area (Å²) >= 11 is 0. The van der Waals surface area contributed by atoms with Gasteiger partial charge in [-0.2, -0.15) is 5.26 Å². The van der Waals surface area contributed by atoms with E-state index < -0.39 is 0 Å². The summed E-state index contributed by atoms with van der Waals surface area (Å²) in [5.41, 5.74) is 11.5. The number of nitrogen functional groups attached to an aromatic ring is 1. The zero-order chi connectivity index (χ0) is 26.1. The molecule has 3 aromatic heterocycles. The lowest BCUT2D eigenvalue weighted by Gasteiger charge is -2.32. The highest BCUT2D eigenvalue weighted by Crippen LogP contribution is 2.33. The topological polar surface area (TPSA) is 117 Å². The quantitative estimate of drug-likeness (QED) is 0.451. The molecule has 2 N–H and O–H groups in total. The Balaban J connectivity index is 1.31. The largest absolute Gasteiger partial charge is 0.368 e. The molecule has 9 nitrogen and oxygen atoms in total. The van der Waals surface area contributed by atoms with E-state index in [-0.39, 0.29) is 17.5 Å². The van der Waals surface area contributed by atoms with Gasteiger partial charge in [0.05, 0.1) is 0 Å². The number of benzene rings is 1. The van der Waals surface area contributed by atoms with Crippen LogP contribution in [0, 0.1) is 11.3 Å². The van der Waals surface area contributed by atoms with Crippen molar-refractivity contribution in [3.8, 4) is 17.2 Å². The molecule has 1 aromatic carbocycles. The van der Waals surface area contributed by atoms with Crippen LogP contribution in [0.3, 0.4) is 0 Å². The third-order valence-electron chi connectivity index (χ3n) is 7.24. The molecule has 0 unspecified atom stereocenters. The molecular formula is C28H30N8O. The van der Waals surface area contributed by atoms with Gasteiger partial charge in [-0.3, -0.25) is 9.69 Å². The van der Waals surface area contributed by atoms with Crippen LogP contribution in [0.5, 0.6) is 0 Å². The summed E-state index contributed by atoms with van der Waals surface area (Å²) in [4.78, 5) is 29.1. The number of nitrogens with two attached hydrogens (primary N) is 1. The van der Waals surface area contributed by atoms with Gasteiger partial charge >= 0.3 is 0 Å². The predicted molar refractivity (Wildman–Crippen MR) is 143 cm³/mol. The molecule has 1 saturated heterocycles. The molecule has 0 atom stereocenters. The minimum Gasteiger partial charge on any atom is -0.368 e. The number of anilines is 1. The van der Waals surface area contributed by atoms with Gasteiger partial charge in [0.1, 0.15) is 11.7 Å². The van der Waals surface area contributed by atoms with E-state index in [1.165, 1.54) is 5.56 Å². The van der Waals surface area contributed by atoms with Crippen LogP contribution in [-0.4, -0.2) is 62.4 Å². The number of likely N-dealkylation sites (tertiary alicyclic amines) is 1. The Bertz CT molecular complexity index is 1490. The van der Waals surface area contributed by atoms with Gasteiger partial charge in [0.25, 0.3) is 5.91 Å². The summed E-state index contributed by atoms with van der Waals surface area (Å²) in [5, 5.41) is 10.5. The fourth-order valence-electron chi connectivity index (χ4n) is 5.15. The lowest BCUT2D eigenvalue weighted by atomic mass is 9.89. The summed E-state index contributed by atoms with van der Waals surface area (Å²) in [5.74, 6) is 0.609. The highest BCUT2D eigenvalue weighted by atomic mass is 16.2. The highest BCUT2D eigenvalue weighted by molar-refractivity contribution is 5.95. The van der Waals surface area contributed by atoms with Crippen molar-refractivity contribution in [3.05, 3.63) is 71.3 Å². The van der Waals surface area contributed by atoms with Gasteiger partial charge in [0.2, 0.25) is 5.95 Å². The molecule has 5 rings (SSSR count). The molecule has 1 aliphatic rings. The number of carbonyl (C=O) groups is 1. The number of nitriles is 1. The first-order chi connectivity index (χ1) is 17.9. The SMILES string of the molecule is CN(C)C(=O)c1ccc(C2CCN(Cc3cc4c(-c5cnc(N)nc5C#N)ccnc4n3C)CC2)cc1. The highest BCUT2D eigenvalue weighted by Gasteiger charge is 2.23. The summed E-state index contributed by atoms with van der Waals surface area (Å²) in [6, 6.07) is 14.3. The summed E-state index contributed by atoms with van der Waals surface area (Å²) in [6.45, 7) is 2.81. The predicted octanol–water partition coefficient (Wildman–Crippen LogP) is 3.57. The van der Waals surface area contributed by atoms with E-state index in [4.69, 9.17) is 5.73 Å². The molecule has 0 saturated carbocycles. The molecule has 1 amide bonds. The number of hydrogen-bond acceptors (Lipinski definition) is 7. The molecule has 0 radical (unpaired) electrons. The van der Waals surface area contributed by atoms with E-state index in [0.29, 0.717) is 11.5 Å². The Morgan fingerprint density at radius 1 is 1.14 bits per heavy atom. The molecule has 1 fully saturated rings. The van der Waals surface area contributed by atoms with Gasteiger partial charge < -0.3 is 15.2 Å². The lowest BCUT2D eigenvalue weighted by molar-refractivity contribution is 0.0827. The number of piperidine rings is 1. The Labute approximate surface area is 216 Å². The monoisotopic (exact) mass is 494 g/mol. The van der Waals surface area contributed by atoms with Crippen LogP contribution in [-0.2, 0) is 13.6 Å². The number of pyridine rings is 1. The Morgan fingerprint density at radius 2 is 1.86 bits per heavy atom. The van der Waals surface area contributed by atoms with Crippen molar-refractivity contribution in [2.75, 3.05) is 32.9 Å². The first-order valence-electron chi connectivity index (χ1n) is 12.4. The standard InChI is InChI=1S/C28H30N8O/c1-34(2)27(37)20-6-4-18(5-7-20)19-9-12-36(13-10-19)17-21-14-23-22(8-11-31-26(23)35(21)3)24-16-32-28(30)33-25(24)15-29/h4-8,11,14,16,19H,9-10,12-13,17H2,1-3H3,(H2,30,32,33). The van der Waals surface area contributed by atoms with E-state index in [9.17, 15) is 10.1 Å². The van der Waals surface area contributed by atoms with E-state index in [2.05, 4.69) is 48.7 Å². The second-order valence-corrected chi connectivity index (χ2v) is 9.76. The fraction of sp³-hybridized carbons (Fsp3) is 0.321. The number of rotatable bonds is 5. The van der Waals surface area contributed by atoms with E-state index in [1.54, 1.807) is 31.4 Å². The van der Waals surface area contributed by atoms with Gasteiger partial charge in [-0.05, 0) is 67.2 Å². The Morgan fingerprint density at radius 3 is 2.54 bits per heavy atom. The fourth-order valence-corrected chi connectivity index (χ4v) is 5.15. The molecule has 4 aromatic rings. The molecule has 0 bridgehead atoms. The van der Waals surface area contributed by atoms with Gasteiger partial charge in [0.15, 0.2) is 5.69 Å². The van der Waals surface area contributed by atoms with Crippen molar-refractivity contribution in [1.82, 2.24) is 29.3 Å². The first-order valence-corrected chi connectivity index (χ1v) is 12.4. The second kappa shape index (κ2) is 9.99. The van der Waals surface area contributed by atoms with E-state index in [0.717, 1.165) is 60.3 Å². The third kappa shape index (κ3) is 4.76. The van der Waals surface area contributed by atoms with Crippen LogP contribution in [0.4, 0.5) is 5.95 Å². The molecule has 37 heavy (non-hydrogen) atoms.